The lowest BCUT2D eigenvalue weighted by Crippen LogP contribution is -2.23. The Morgan fingerprint density at radius 1 is 0.824 bits per heavy atom. The van der Waals surface area contributed by atoms with Crippen LogP contribution in [0.5, 0.6) is 0 Å². The van der Waals surface area contributed by atoms with Crippen molar-refractivity contribution in [3.05, 3.63) is 112 Å². The van der Waals surface area contributed by atoms with Crippen molar-refractivity contribution in [1.82, 2.24) is 4.57 Å². The van der Waals surface area contributed by atoms with Gasteiger partial charge in [0.05, 0.1) is 11.1 Å². The number of aryl methyl sites for hydroxylation is 2. The van der Waals surface area contributed by atoms with E-state index in [-0.39, 0.29) is 5.56 Å². The Morgan fingerprint density at radius 3 is 2.38 bits per heavy atom. The van der Waals surface area contributed by atoms with Crippen molar-refractivity contribution >= 4 is 33.1 Å². The minimum absolute atomic E-state index is 0.220. The average Bonchev–Trinajstić information content (AvgIpc) is 2.86. The van der Waals surface area contributed by atoms with Gasteiger partial charge in [-0.25, -0.2) is 4.39 Å². The topological polar surface area (TPSA) is 22.0 Å². The van der Waals surface area contributed by atoms with Crippen LogP contribution in [-0.2, 0) is 6.42 Å². The minimum Gasteiger partial charge on any atom is -0.276 e. The molecule has 4 heteroatoms. The van der Waals surface area contributed by atoms with E-state index in [1.807, 2.05) is 49.4 Å². The van der Waals surface area contributed by atoms with Crippen LogP contribution in [0.3, 0.4) is 0 Å². The van der Waals surface area contributed by atoms with E-state index in [0.29, 0.717) is 11.3 Å². The molecular formula is C30H25ClFNO. The van der Waals surface area contributed by atoms with Crippen LogP contribution in [0.4, 0.5) is 4.39 Å². The van der Waals surface area contributed by atoms with E-state index in [1.165, 1.54) is 12.1 Å². The molecule has 0 amide bonds. The molecule has 0 aliphatic carbocycles. The molecule has 0 unspecified atom stereocenters. The average molecular weight is 470 g/mol. The maximum absolute atomic E-state index is 14.3. The minimum atomic E-state index is -0.412. The van der Waals surface area contributed by atoms with Gasteiger partial charge in [-0.1, -0.05) is 66.2 Å². The first-order chi connectivity index (χ1) is 16.6. The molecule has 1 heterocycles. The van der Waals surface area contributed by atoms with Crippen molar-refractivity contribution in [1.29, 1.82) is 0 Å². The molecule has 0 saturated carbocycles. The lowest BCUT2D eigenvalue weighted by Gasteiger charge is -2.22. The summed E-state index contributed by atoms with van der Waals surface area (Å²) in [6.07, 6.45) is 2.47. The summed E-state index contributed by atoms with van der Waals surface area (Å²) in [4.78, 5) is 14.0. The fraction of sp³-hybridized carbons (Fsp3) is 0.167. The molecule has 170 valence electrons. The van der Waals surface area contributed by atoms with Crippen molar-refractivity contribution in [2.45, 2.75) is 26.2 Å². The Labute approximate surface area is 203 Å². The Hall–Kier alpha value is -3.43. The number of alkyl halides is 1. The second-order valence-corrected chi connectivity index (χ2v) is 9.04. The van der Waals surface area contributed by atoms with E-state index < -0.39 is 5.82 Å². The molecule has 2 nitrogen and oxygen atoms in total. The van der Waals surface area contributed by atoms with E-state index in [9.17, 15) is 9.18 Å². The molecule has 0 atom stereocenters. The van der Waals surface area contributed by atoms with Crippen molar-refractivity contribution in [3.8, 4) is 16.9 Å². The molecule has 0 aliphatic rings. The molecule has 34 heavy (non-hydrogen) atoms. The highest BCUT2D eigenvalue weighted by molar-refractivity contribution is 6.17. The molecular weight excluding hydrogens is 445 g/mol. The van der Waals surface area contributed by atoms with Gasteiger partial charge >= 0.3 is 0 Å². The maximum Gasteiger partial charge on any atom is 0.263 e. The first-order valence-electron chi connectivity index (χ1n) is 11.6. The summed E-state index contributed by atoms with van der Waals surface area (Å²) in [6, 6.07) is 26.8. The number of hydrogen-bond donors (Lipinski definition) is 0. The Bertz CT molecular complexity index is 1550. The lowest BCUT2D eigenvalue weighted by molar-refractivity contribution is 0.629. The number of benzene rings is 4. The SMILES string of the molecule is Cc1ccc(-n2c(-c3cccc4ccccc34)c(CCCCCl)c3ccc(F)cc3c2=O)cc1. The molecule has 0 radical (unpaired) electrons. The first-order valence-corrected chi connectivity index (χ1v) is 12.1. The summed E-state index contributed by atoms with van der Waals surface area (Å²) in [5.41, 5.74) is 4.54. The second-order valence-electron chi connectivity index (χ2n) is 8.67. The number of aromatic nitrogens is 1. The second kappa shape index (κ2) is 9.44. The van der Waals surface area contributed by atoms with E-state index in [2.05, 4.69) is 24.3 Å². The zero-order valence-electron chi connectivity index (χ0n) is 19.0. The van der Waals surface area contributed by atoms with Crippen LogP contribution in [0.25, 0.3) is 38.5 Å². The smallest absolute Gasteiger partial charge is 0.263 e. The summed E-state index contributed by atoms with van der Waals surface area (Å²) in [5.74, 6) is 0.165. The molecule has 1 aromatic heterocycles. The summed E-state index contributed by atoms with van der Waals surface area (Å²) < 4.78 is 16.1. The highest BCUT2D eigenvalue weighted by Gasteiger charge is 2.21. The van der Waals surface area contributed by atoms with Gasteiger partial charge in [0, 0.05) is 17.1 Å². The molecule has 0 bridgehead atoms. The molecule has 0 fully saturated rings. The monoisotopic (exact) mass is 469 g/mol. The summed E-state index contributed by atoms with van der Waals surface area (Å²) in [6.45, 7) is 2.02. The highest BCUT2D eigenvalue weighted by atomic mass is 35.5. The van der Waals surface area contributed by atoms with Gasteiger partial charge in [0.2, 0.25) is 0 Å². The van der Waals surface area contributed by atoms with Gasteiger partial charge in [-0.2, -0.15) is 0 Å². The third-order valence-electron chi connectivity index (χ3n) is 6.40. The van der Waals surface area contributed by atoms with Crippen molar-refractivity contribution in [2.75, 3.05) is 5.88 Å². The van der Waals surface area contributed by atoms with Crippen molar-refractivity contribution in [2.24, 2.45) is 0 Å². The standard InChI is InChI=1S/C30H25ClFNO/c1-20-12-15-23(16-13-20)33-29(26-11-6-8-21-7-2-3-9-24(21)26)27(10-4-5-18-31)25-17-14-22(32)19-28(25)30(33)34/h2-3,6-9,11-17,19H,4-5,10,18H2,1H3. The molecule has 4 aromatic carbocycles. The van der Waals surface area contributed by atoms with Gasteiger partial charge < -0.3 is 0 Å². The highest BCUT2D eigenvalue weighted by Crippen LogP contribution is 2.36. The van der Waals surface area contributed by atoms with Crippen LogP contribution in [0.1, 0.15) is 24.0 Å². The zero-order chi connectivity index (χ0) is 23.7. The molecule has 0 spiro atoms. The van der Waals surface area contributed by atoms with Crippen LogP contribution in [-0.4, -0.2) is 10.4 Å². The van der Waals surface area contributed by atoms with Gasteiger partial charge in [0.25, 0.3) is 5.56 Å². The van der Waals surface area contributed by atoms with Gasteiger partial charge in [-0.05, 0) is 72.2 Å². The summed E-state index contributed by atoms with van der Waals surface area (Å²) in [7, 11) is 0. The normalized spacial score (nSPS) is 11.4. The fourth-order valence-electron chi connectivity index (χ4n) is 4.75. The van der Waals surface area contributed by atoms with Gasteiger partial charge in [0.1, 0.15) is 5.82 Å². The fourth-order valence-corrected chi connectivity index (χ4v) is 4.93. The number of pyridine rings is 1. The maximum atomic E-state index is 14.3. The lowest BCUT2D eigenvalue weighted by atomic mass is 9.92. The van der Waals surface area contributed by atoms with E-state index >= 15 is 0 Å². The van der Waals surface area contributed by atoms with Crippen LogP contribution >= 0.6 is 11.6 Å². The molecule has 5 aromatic rings. The predicted octanol–water partition coefficient (Wildman–Crippen LogP) is 7.82. The Kier molecular flexibility index (Phi) is 6.21. The quantitative estimate of drug-likeness (QED) is 0.183. The third-order valence-corrected chi connectivity index (χ3v) is 6.66. The largest absolute Gasteiger partial charge is 0.276 e. The van der Waals surface area contributed by atoms with E-state index in [0.717, 1.165) is 63.5 Å². The van der Waals surface area contributed by atoms with E-state index in [4.69, 9.17) is 11.6 Å². The van der Waals surface area contributed by atoms with E-state index in [1.54, 1.807) is 10.6 Å². The molecule has 0 N–H and O–H groups in total. The van der Waals surface area contributed by atoms with Crippen LogP contribution < -0.4 is 5.56 Å². The number of nitrogens with zero attached hydrogens (tertiary/aromatic N) is 1. The zero-order valence-corrected chi connectivity index (χ0v) is 19.8. The predicted molar refractivity (Wildman–Crippen MR) is 141 cm³/mol. The first kappa shape index (κ1) is 22.4. The third kappa shape index (κ3) is 4.01. The summed E-state index contributed by atoms with van der Waals surface area (Å²) in [5, 5.41) is 3.37. The van der Waals surface area contributed by atoms with Crippen molar-refractivity contribution < 1.29 is 4.39 Å². The molecule has 0 saturated heterocycles. The van der Waals surface area contributed by atoms with Crippen molar-refractivity contribution in [3.63, 3.8) is 0 Å². The number of hydrogen-bond acceptors (Lipinski definition) is 1. The van der Waals surface area contributed by atoms with Crippen LogP contribution in [0.15, 0.2) is 89.7 Å². The number of unbranched alkanes of at least 4 members (excludes halogenated alkanes) is 1. The molecule has 0 aliphatic heterocycles. The van der Waals surface area contributed by atoms with Gasteiger partial charge in [0.15, 0.2) is 0 Å². The molecule has 5 rings (SSSR count). The van der Waals surface area contributed by atoms with Crippen LogP contribution in [0, 0.1) is 12.7 Å². The van der Waals surface area contributed by atoms with Gasteiger partial charge in [-0.15, -0.1) is 11.6 Å². The number of halogens is 2. The Balaban J connectivity index is 1.96. The number of rotatable bonds is 6. The van der Waals surface area contributed by atoms with Gasteiger partial charge in [-0.3, -0.25) is 9.36 Å². The summed E-state index contributed by atoms with van der Waals surface area (Å²) >= 11 is 6.00. The Morgan fingerprint density at radius 2 is 1.59 bits per heavy atom. The number of fused-ring (bicyclic) bond motifs is 2. The van der Waals surface area contributed by atoms with Crippen LogP contribution in [0.2, 0.25) is 0 Å².